The van der Waals surface area contributed by atoms with Gasteiger partial charge >= 0.3 is 6.01 Å². The summed E-state index contributed by atoms with van der Waals surface area (Å²) in [4.78, 5) is 31.6. The van der Waals surface area contributed by atoms with Crippen molar-refractivity contribution < 1.29 is 18.3 Å². The Morgan fingerprint density at radius 2 is 1.96 bits per heavy atom. The summed E-state index contributed by atoms with van der Waals surface area (Å²) in [5, 5.41) is 0.540. The standard InChI is InChI=1S/C35H36F2N6O2/c1-21(36)33(44)43-13-12-41(19-24(43)18-38-2)32-28-16-29(37)27(25-7-3-6-22-14-23-15-26(23)31(22)25)17-30(28)39-34(40-32)45-20-35-8-4-10-42(35)11-5-9-35/h3,6-7,16-17,23-24,26H,1,4-5,8-15,18-20H2/t23-,24+,26+/m1/s1. The van der Waals surface area contributed by atoms with E-state index >= 15 is 4.39 Å². The Labute approximate surface area is 261 Å². The number of aromatic nitrogens is 2. The summed E-state index contributed by atoms with van der Waals surface area (Å²) < 4.78 is 36.4. The summed E-state index contributed by atoms with van der Waals surface area (Å²) in [5.74, 6) is -0.522. The highest BCUT2D eigenvalue weighted by Gasteiger charge is 2.47. The van der Waals surface area contributed by atoms with Crippen LogP contribution in [-0.2, 0) is 11.2 Å². The number of benzene rings is 2. The van der Waals surface area contributed by atoms with Gasteiger partial charge in [0, 0.05) is 30.6 Å². The van der Waals surface area contributed by atoms with Gasteiger partial charge in [-0.15, -0.1) is 0 Å². The molecule has 0 N–H and O–H groups in total. The monoisotopic (exact) mass is 610 g/mol. The third-order valence-electron chi connectivity index (χ3n) is 10.9. The van der Waals surface area contributed by atoms with Crippen molar-refractivity contribution in [1.29, 1.82) is 0 Å². The molecule has 232 valence electrons. The first-order chi connectivity index (χ1) is 21.8. The fraction of sp³-hybridized carbons (Fsp3) is 0.486. The average molecular weight is 611 g/mol. The number of ether oxygens (including phenoxy) is 1. The van der Waals surface area contributed by atoms with Gasteiger partial charge in [0.05, 0.1) is 11.1 Å². The number of fused-ring (bicyclic) bond motifs is 5. The van der Waals surface area contributed by atoms with Crippen LogP contribution in [0.2, 0.25) is 0 Å². The molecule has 0 spiro atoms. The summed E-state index contributed by atoms with van der Waals surface area (Å²) in [5.41, 5.74) is 4.62. The van der Waals surface area contributed by atoms with Crippen LogP contribution in [0.5, 0.6) is 6.01 Å². The molecule has 1 amide bonds. The Morgan fingerprint density at radius 1 is 1.13 bits per heavy atom. The smallest absolute Gasteiger partial charge is 0.319 e. The van der Waals surface area contributed by atoms with E-state index in [-0.39, 0.29) is 37.0 Å². The van der Waals surface area contributed by atoms with Crippen LogP contribution in [0.25, 0.3) is 26.9 Å². The lowest BCUT2D eigenvalue weighted by Gasteiger charge is -2.39. The number of amides is 1. The summed E-state index contributed by atoms with van der Waals surface area (Å²) in [6, 6.07) is 9.20. The number of carbonyl (C=O) groups excluding carboxylic acids is 1. The van der Waals surface area contributed by atoms with E-state index in [1.807, 2.05) is 23.1 Å². The molecule has 0 bridgehead atoms. The molecule has 1 aromatic heterocycles. The summed E-state index contributed by atoms with van der Waals surface area (Å²) >= 11 is 0. The molecule has 3 aliphatic heterocycles. The van der Waals surface area contributed by atoms with Crippen molar-refractivity contribution in [2.45, 2.75) is 56.0 Å². The molecule has 4 fully saturated rings. The van der Waals surface area contributed by atoms with E-state index < -0.39 is 17.8 Å². The molecule has 2 aromatic carbocycles. The summed E-state index contributed by atoms with van der Waals surface area (Å²) in [6.07, 6.45) is 6.68. The Hall–Kier alpha value is -4.10. The summed E-state index contributed by atoms with van der Waals surface area (Å²) in [7, 11) is 0. The van der Waals surface area contributed by atoms with Crippen LogP contribution in [0, 0.1) is 18.3 Å². The molecule has 10 heteroatoms. The SMILES string of the molecule is [C-]#[N+]C[C@H]1CN(c2nc(OCC34CCCN3CCC4)nc3cc(-c4cccc5c4[C@H]4C[C@H]4C5)c(F)cc23)CCN1C(=O)C(=C)F. The highest BCUT2D eigenvalue weighted by atomic mass is 19.1. The van der Waals surface area contributed by atoms with E-state index in [1.165, 1.54) is 22.1 Å². The zero-order valence-corrected chi connectivity index (χ0v) is 25.3. The number of anilines is 1. The van der Waals surface area contributed by atoms with Crippen LogP contribution in [0.3, 0.4) is 0 Å². The molecule has 2 aliphatic carbocycles. The van der Waals surface area contributed by atoms with Gasteiger partial charge in [0.25, 0.3) is 5.91 Å². The predicted molar refractivity (Wildman–Crippen MR) is 167 cm³/mol. The van der Waals surface area contributed by atoms with Gasteiger partial charge in [0.15, 0.2) is 5.83 Å². The van der Waals surface area contributed by atoms with Crippen LogP contribution in [-0.4, -0.2) is 83.1 Å². The third kappa shape index (κ3) is 4.75. The Balaban J connectivity index is 1.20. The highest BCUT2D eigenvalue weighted by Crippen LogP contribution is 2.58. The van der Waals surface area contributed by atoms with Gasteiger partial charge in [0.2, 0.25) is 6.54 Å². The largest absolute Gasteiger partial charge is 0.461 e. The zero-order valence-electron chi connectivity index (χ0n) is 25.3. The van der Waals surface area contributed by atoms with Gasteiger partial charge < -0.3 is 19.4 Å². The molecule has 8 rings (SSSR count). The number of rotatable bonds is 7. The van der Waals surface area contributed by atoms with Crippen molar-refractivity contribution in [1.82, 2.24) is 19.8 Å². The highest BCUT2D eigenvalue weighted by molar-refractivity contribution is 5.94. The van der Waals surface area contributed by atoms with Crippen LogP contribution < -0.4 is 9.64 Å². The number of hydrogen-bond acceptors (Lipinski definition) is 6. The average Bonchev–Trinajstić information content (AvgIpc) is 3.32. The molecule has 0 unspecified atom stereocenters. The first-order valence-corrected chi connectivity index (χ1v) is 16.1. The molecule has 1 saturated carbocycles. The van der Waals surface area contributed by atoms with E-state index in [0.29, 0.717) is 47.3 Å². The van der Waals surface area contributed by atoms with Gasteiger partial charge in [-0.1, -0.05) is 24.8 Å². The van der Waals surface area contributed by atoms with Gasteiger partial charge in [-0.3, -0.25) is 9.69 Å². The maximum Gasteiger partial charge on any atom is 0.319 e. The van der Waals surface area contributed by atoms with Gasteiger partial charge in [-0.05, 0) is 92.3 Å². The third-order valence-corrected chi connectivity index (χ3v) is 10.9. The topological polar surface area (TPSA) is 66.2 Å². The Kier molecular flexibility index (Phi) is 6.79. The maximum absolute atomic E-state index is 16.2. The van der Waals surface area contributed by atoms with Gasteiger partial charge in [-0.25, -0.2) is 15.4 Å². The second kappa shape index (κ2) is 10.8. The molecule has 0 radical (unpaired) electrons. The first kappa shape index (κ1) is 28.4. The quantitative estimate of drug-likeness (QED) is 0.259. The lowest BCUT2D eigenvalue weighted by atomic mass is 9.93. The van der Waals surface area contributed by atoms with Gasteiger partial charge in [0.1, 0.15) is 24.3 Å². The van der Waals surface area contributed by atoms with Crippen molar-refractivity contribution in [2.24, 2.45) is 5.92 Å². The number of nitrogens with zero attached hydrogens (tertiary/aromatic N) is 6. The lowest BCUT2D eigenvalue weighted by Crippen LogP contribution is -2.56. The van der Waals surface area contributed by atoms with Crippen molar-refractivity contribution >= 4 is 22.6 Å². The molecule has 5 aliphatic rings. The number of carbonyl (C=O) groups is 1. The fourth-order valence-electron chi connectivity index (χ4n) is 8.59. The normalized spacial score (nSPS) is 24.7. The Morgan fingerprint density at radius 3 is 2.73 bits per heavy atom. The van der Waals surface area contributed by atoms with Crippen LogP contribution in [0.15, 0.2) is 42.7 Å². The number of halogens is 2. The summed E-state index contributed by atoms with van der Waals surface area (Å²) in [6.45, 7) is 14.0. The molecular weight excluding hydrogens is 574 g/mol. The Bertz CT molecular complexity index is 1760. The van der Waals surface area contributed by atoms with Crippen molar-refractivity contribution in [3.8, 4) is 17.1 Å². The van der Waals surface area contributed by atoms with E-state index in [1.54, 1.807) is 0 Å². The van der Waals surface area contributed by atoms with E-state index in [9.17, 15) is 9.18 Å². The minimum Gasteiger partial charge on any atom is -0.461 e. The molecule has 3 saturated heterocycles. The van der Waals surface area contributed by atoms with Crippen molar-refractivity contribution in [2.75, 3.05) is 50.8 Å². The molecular formula is C35H36F2N6O2. The van der Waals surface area contributed by atoms with Crippen LogP contribution >= 0.6 is 0 Å². The van der Waals surface area contributed by atoms with Gasteiger partial charge in [-0.2, -0.15) is 9.97 Å². The maximum atomic E-state index is 16.2. The second-order valence-corrected chi connectivity index (χ2v) is 13.4. The molecule has 8 nitrogen and oxygen atoms in total. The molecule has 3 aromatic rings. The molecule has 3 atom stereocenters. The van der Waals surface area contributed by atoms with E-state index in [2.05, 4.69) is 22.4 Å². The van der Waals surface area contributed by atoms with Crippen molar-refractivity contribution in [3.63, 3.8) is 0 Å². The van der Waals surface area contributed by atoms with Crippen molar-refractivity contribution in [3.05, 3.63) is 71.1 Å². The molecule has 4 heterocycles. The predicted octanol–water partition coefficient (Wildman–Crippen LogP) is 5.52. The minimum atomic E-state index is -1.05. The van der Waals surface area contributed by atoms with E-state index in [4.69, 9.17) is 21.3 Å². The van der Waals surface area contributed by atoms with E-state index in [0.717, 1.165) is 57.2 Å². The van der Waals surface area contributed by atoms with Crippen LogP contribution in [0.4, 0.5) is 14.6 Å². The molecule has 45 heavy (non-hydrogen) atoms. The number of piperazine rings is 1. The minimum absolute atomic E-state index is 0.0000351. The van der Waals surface area contributed by atoms with Crippen LogP contribution in [0.1, 0.15) is 49.1 Å². The lowest BCUT2D eigenvalue weighted by molar-refractivity contribution is -0.131. The fourth-order valence-corrected chi connectivity index (χ4v) is 8.59. The first-order valence-electron chi connectivity index (χ1n) is 16.1. The second-order valence-electron chi connectivity index (χ2n) is 13.4. The number of hydrogen-bond donors (Lipinski definition) is 0. The zero-order chi connectivity index (χ0) is 30.9.